The number of hydrogen-bond acceptors (Lipinski definition) is 6. The minimum absolute atomic E-state index is 0.0934. The van der Waals surface area contributed by atoms with E-state index in [9.17, 15) is 18.0 Å². The number of fused-ring (bicyclic) bond motifs is 1. The van der Waals surface area contributed by atoms with Crippen molar-refractivity contribution in [2.45, 2.75) is 44.0 Å². The summed E-state index contributed by atoms with van der Waals surface area (Å²) < 4.78 is 34.0. The molecule has 0 atom stereocenters. The lowest BCUT2D eigenvalue weighted by Crippen LogP contribution is -2.40. The van der Waals surface area contributed by atoms with E-state index in [1.165, 1.54) is 21.1 Å². The van der Waals surface area contributed by atoms with Crippen LogP contribution >= 0.6 is 0 Å². The van der Waals surface area contributed by atoms with Crippen LogP contribution in [-0.2, 0) is 21.3 Å². The summed E-state index contributed by atoms with van der Waals surface area (Å²) in [6.45, 7) is 3.82. The van der Waals surface area contributed by atoms with Gasteiger partial charge in [-0.3, -0.25) is 9.59 Å². The van der Waals surface area contributed by atoms with Crippen LogP contribution in [0.3, 0.4) is 0 Å². The van der Waals surface area contributed by atoms with Gasteiger partial charge in [0.05, 0.1) is 23.5 Å². The first-order valence-corrected chi connectivity index (χ1v) is 13.3. The number of sulfonamides is 1. The summed E-state index contributed by atoms with van der Waals surface area (Å²) in [7, 11) is -3.71. The first-order chi connectivity index (χ1) is 16.9. The molecule has 1 fully saturated rings. The topological polar surface area (TPSA) is 111 Å². The number of unbranched alkanes of at least 4 members (excludes halogenated alkanes) is 3. The predicted molar refractivity (Wildman–Crippen MR) is 134 cm³/mol. The van der Waals surface area contributed by atoms with Crippen molar-refractivity contribution in [1.29, 1.82) is 0 Å². The second-order valence-corrected chi connectivity index (χ2v) is 10.4. The van der Waals surface area contributed by atoms with Gasteiger partial charge in [-0.2, -0.15) is 9.40 Å². The maximum Gasteiger partial charge on any atom is 0.276 e. The molecule has 1 saturated heterocycles. The van der Waals surface area contributed by atoms with Crippen LogP contribution in [0.1, 0.15) is 43.1 Å². The fourth-order valence-electron chi connectivity index (χ4n) is 4.10. The zero-order valence-electron chi connectivity index (χ0n) is 19.8. The van der Waals surface area contributed by atoms with E-state index in [-0.39, 0.29) is 29.2 Å². The molecular weight excluding hydrogens is 468 g/mol. The molecule has 0 spiro atoms. The van der Waals surface area contributed by atoms with Gasteiger partial charge >= 0.3 is 0 Å². The molecule has 1 aliphatic rings. The number of nitrogens with zero attached hydrogens (tertiary/aromatic N) is 3. The molecule has 2 heterocycles. The monoisotopic (exact) mass is 498 g/mol. The highest BCUT2D eigenvalue weighted by Gasteiger charge is 2.26. The number of rotatable bonds is 9. The largest absolute Gasteiger partial charge is 0.379 e. The number of ether oxygens (including phenoxy) is 1. The molecule has 0 bridgehead atoms. The number of morpholine rings is 1. The fourth-order valence-corrected chi connectivity index (χ4v) is 5.56. The first-order valence-electron chi connectivity index (χ1n) is 11.9. The molecule has 9 nitrogen and oxygen atoms in total. The molecule has 10 heteroatoms. The third-order valence-electron chi connectivity index (χ3n) is 6.01. The van der Waals surface area contributed by atoms with Crippen LogP contribution in [0.25, 0.3) is 10.8 Å². The number of carbonyl (C=O) groups is 1. The summed E-state index contributed by atoms with van der Waals surface area (Å²) in [6.07, 6.45) is 3.92. The molecule has 0 radical (unpaired) electrons. The smallest absolute Gasteiger partial charge is 0.276 e. The molecule has 3 aromatic rings. The average Bonchev–Trinajstić information content (AvgIpc) is 2.88. The second kappa shape index (κ2) is 11.1. The summed E-state index contributed by atoms with van der Waals surface area (Å²) in [5, 5.41) is 8.03. The highest BCUT2D eigenvalue weighted by atomic mass is 32.2. The Hall–Kier alpha value is -3.08. The zero-order valence-corrected chi connectivity index (χ0v) is 20.6. The first kappa shape index (κ1) is 25.0. The van der Waals surface area contributed by atoms with Crippen molar-refractivity contribution in [2.24, 2.45) is 0 Å². The number of nitrogens with one attached hydrogen (secondary N) is 1. The number of aryl methyl sites for hydroxylation is 1. The number of hydrogen-bond donors (Lipinski definition) is 1. The van der Waals surface area contributed by atoms with Gasteiger partial charge in [-0.1, -0.05) is 50.5 Å². The van der Waals surface area contributed by atoms with Crippen molar-refractivity contribution < 1.29 is 17.9 Å². The zero-order chi connectivity index (χ0) is 24.8. The van der Waals surface area contributed by atoms with Gasteiger partial charge < -0.3 is 10.1 Å². The Labute approximate surface area is 204 Å². The number of anilines is 1. The minimum Gasteiger partial charge on any atom is -0.379 e. The summed E-state index contributed by atoms with van der Waals surface area (Å²) in [5.41, 5.74) is 0.222. The van der Waals surface area contributed by atoms with Crippen molar-refractivity contribution in [3.8, 4) is 0 Å². The van der Waals surface area contributed by atoms with Crippen molar-refractivity contribution in [3.05, 3.63) is 64.6 Å². The number of benzene rings is 2. The average molecular weight is 499 g/mol. The van der Waals surface area contributed by atoms with E-state index < -0.39 is 15.9 Å². The highest BCUT2D eigenvalue weighted by molar-refractivity contribution is 7.89. The van der Waals surface area contributed by atoms with Crippen LogP contribution in [-0.4, -0.2) is 54.7 Å². The fraction of sp³-hybridized carbons (Fsp3) is 0.400. The maximum absolute atomic E-state index is 13.3. The van der Waals surface area contributed by atoms with E-state index in [0.29, 0.717) is 36.2 Å². The van der Waals surface area contributed by atoms with E-state index in [1.807, 2.05) is 0 Å². The second-order valence-electron chi connectivity index (χ2n) is 8.48. The van der Waals surface area contributed by atoms with Crippen molar-refractivity contribution in [1.82, 2.24) is 14.1 Å². The SMILES string of the molecule is CCCCCCn1nc(C(=O)Nc2cccc(S(=O)(=O)N3CCOCC3)c2)c2ccccc2c1=O. The number of amides is 1. The highest BCUT2D eigenvalue weighted by Crippen LogP contribution is 2.22. The Morgan fingerprint density at radius 1 is 1.03 bits per heavy atom. The van der Waals surface area contributed by atoms with Gasteiger partial charge in [-0.15, -0.1) is 0 Å². The third-order valence-corrected chi connectivity index (χ3v) is 7.90. The van der Waals surface area contributed by atoms with Gasteiger partial charge in [0, 0.05) is 30.7 Å². The molecule has 2 aromatic carbocycles. The normalized spacial score (nSPS) is 14.8. The van der Waals surface area contributed by atoms with E-state index in [1.54, 1.807) is 36.4 Å². The Kier molecular flexibility index (Phi) is 7.94. The van der Waals surface area contributed by atoms with Crippen LogP contribution in [0.15, 0.2) is 58.2 Å². The number of aromatic nitrogens is 2. The maximum atomic E-state index is 13.3. The van der Waals surface area contributed by atoms with Gasteiger partial charge in [-0.25, -0.2) is 13.1 Å². The van der Waals surface area contributed by atoms with Gasteiger partial charge in [0.25, 0.3) is 11.5 Å². The van der Waals surface area contributed by atoms with Gasteiger partial charge in [0.15, 0.2) is 5.69 Å². The predicted octanol–water partition coefficient (Wildman–Crippen LogP) is 3.25. The minimum atomic E-state index is -3.71. The molecule has 186 valence electrons. The van der Waals surface area contributed by atoms with Crippen molar-refractivity contribution >= 4 is 32.4 Å². The van der Waals surface area contributed by atoms with Crippen LogP contribution in [0, 0.1) is 0 Å². The van der Waals surface area contributed by atoms with Crippen molar-refractivity contribution in [3.63, 3.8) is 0 Å². The Morgan fingerprint density at radius 3 is 2.51 bits per heavy atom. The molecule has 0 unspecified atom stereocenters. The molecule has 1 aromatic heterocycles. The van der Waals surface area contributed by atoms with Crippen LogP contribution in [0.2, 0.25) is 0 Å². The van der Waals surface area contributed by atoms with Crippen LogP contribution < -0.4 is 10.9 Å². The van der Waals surface area contributed by atoms with E-state index in [2.05, 4.69) is 17.3 Å². The molecular formula is C25H30N4O5S. The molecule has 0 aliphatic carbocycles. The summed E-state index contributed by atoms with van der Waals surface area (Å²) in [5.74, 6) is -0.510. The number of carbonyl (C=O) groups excluding carboxylic acids is 1. The molecule has 1 N–H and O–H groups in total. The molecule has 4 rings (SSSR count). The van der Waals surface area contributed by atoms with Crippen LogP contribution in [0.5, 0.6) is 0 Å². The molecule has 1 amide bonds. The quantitative estimate of drug-likeness (QED) is 0.454. The molecule has 35 heavy (non-hydrogen) atoms. The van der Waals surface area contributed by atoms with Gasteiger partial charge in [0.2, 0.25) is 10.0 Å². The summed E-state index contributed by atoms with van der Waals surface area (Å²) >= 11 is 0. The van der Waals surface area contributed by atoms with E-state index in [4.69, 9.17) is 4.74 Å². The lowest BCUT2D eigenvalue weighted by molar-refractivity contribution is 0.0730. The lowest BCUT2D eigenvalue weighted by Gasteiger charge is -2.26. The third kappa shape index (κ3) is 5.61. The van der Waals surface area contributed by atoms with Gasteiger partial charge in [-0.05, 0) is 30.7 Å². The Balaban J connectivity index is 1.62. The molecule has 1 aliphatic heterocycles. The lowest BCUT2D eigenvalue weighted by atomic mass is 10.1. The van der Waals surface area contributed by atoms with E-state index in [0.717, 1.165) is 25.7 Å². The summed E-state index contributed by atoms with van der Waals surface area (Å²) in [4.78, 5) is 26.3. The Morgan fingerprint density at radius 2 is 1.77 bits per heavy atom. The molecule has 0 saturated carbocycles. The summed E-state index contributed by atoms with van der Waals surface area (Å²) in [6, 6.07) is 13.0. The van der Waals surface area contributed by atoms with E-state index >= 15 is 0 Å². The standard InChI is InChI=1S/C25H30N4O5S/c1-2-3-4-7-13-29-25(31)22-12-6-5-11-21(22)23(27-29)24(30)26-19-9-8-10-20(18-19)35(32,33)28-14-16-34-17-15-28/h5-6,8-12,18H,2-4,7,13-17H2,1H3,(H,26,30). The van der Waals surface area contributed by atoms with Crippen LogP contribution in [0.4, 0.5) is 5.69 Å². The van der Waals surface area contributed by atoms with Crippen molar-refractivity contribution in [2.75, 3.05) is 31.6 Å². The van der Waals surface area contributed by atoms with Gasteiger partial charge in [0.1, 0.15) is 0 Å². The Bertz CT molecular complexity index is 1360.